The maximum atomic E-state index is 12.9. The zero-order chi connectivity index (χ0) is 22.9. The average Bonchev–Trinajstić information content (AvgIpc) is 2.87. The Balaban J connectivity index is 1.54. The summed E-state index contributed by atoms with van der Waals surface area (Å²) in [5, 5.41) is 0.615. The molecule has 1 aliphatic heterocycles. The molecule has 33 heavy (non-hydrogen) atoms. The summed E-state index contributed by atoms with van der Waals surface area (Å²) in [5.74, 6) is 1.84. The number of carbonyl (C=O) groups is 1. The molecule has 0 spiro atoms. The summed E-state index contributed by atoms with van der Waals surface area (Å²) < 4.78 is 11.2. The van der Waals surface area contributed by atoms with Gasteiger partial charge in [-0.05, 0) is 54.8 Å². The molecule has 1 heterocycles. The molecular formula is C28H26ClNO3. The van der Waals surface area contributed by atoms with Crippen molar-refractivity contribution in [2.24, 2.45) is 4.99 Å². The van der Waals surface area contributed by atoms with Crippen LogP contribution in [0.15, 0.2) is 65.7 Å². The van der Waals surface area contributed by atoms with Crippen molar-refractivity contribution < 1.29 is 14.3 Å². The largest absolute Gasteiger partial charge is 0.493 e. The molecule has 3 aromatic rings. The van der Waals surface area contributed by atoms with E-state index in [0.29, 0.717) is 27.8 Å². The van der Waals surface area contributed by atoms with Gasteiger partial charge in [-0.3, -0.25) is 9.79 Å². The van der Waals surface area contributed by atoms with Crippen molar-refractivity contribution in [1.29, 1.82) is 0 Å². The zero-order valence-corrected chi connectivity index (χ0v) is 19.6. The molecule has 5 heteroatoms. The van der Waals surface area contributed by atoms with Crippen molar-refractivity contribution in [1.82, 2.24) is 0 Å². The SMILES string of the molecule is COc1cc2c(cc1OC)[C@@H]1CCCC[C@@H]1N=C2c1ccc(C(=O)c2ccc(Cl)cc2)cc1. The van der Waals surface area contributed by atoms with E-state index in [4.69, 9.17) is 26.1 Å². The van der Waals surface area contributed by atoms with Crippen LogP contribution in [0.2, 0.25) is 5.02 Å². The molecule has 2 atom stereocenters. The number of aliphatic imine (C=N–C) groups is 1. The van der Waals surface area contributed by atoms with E-state index < -0.39 is 0 Å². The number of nitrogens with zero attached hydrogens (tertiary/aromatic N) is 1. The molecule has 1 aliphatic carbocycles. The monoisotopic (exact) mass is 459 g/mol. The maximum Gasteiger partial charge on any atom is 0.193 e. The number of fused-ring (bicyclic) bond motifs is 3. The Labute approximate surface area is 199 Å². The van der Waals surface area contributed by atoms with Crippen molar-refractivity contribution in [2.45, 2.75) is 37.6 Å². The first kappa shape index (κ1) is 21.7. The second-order valence-electron chi connectivity index (χ2n) is 8.64. The molecule has 5 rings (SSSR count). The van der Waals surface area contributed by atoms with E-state index in [1.165, 1.54) is 18.4 Å². The van der Waals surface area contributed by atoms with Crippen LogP contribution < -0.4 is 9.47 Å². The number of methoxy groups -OCH3 is 2. The van der Waals surface area contributed by atoms with E-state index in [1.807, 2.05) is 30.3 Å². The predicted octanol–water partition coefficient (Wildman–Crippen LogP) is 6.47. The lowest BCUT2D eigenvalue weighted by molar-refractivity contribution is 0.103. The highest BCUT2D eigenvalue weighted by molar-refractivity contribution is 6.30. The molecular weight excluding hydrogens is 434 g/mol. The average molecular weight is 460 g/mol. The molecule has 0 bridgehead atoms. The van der Waals surface area contributed by atoms with Crippen LogP contribution in [0.5, 0.6) is 11.5 Å². The van der Waals surface area contributed by atoms with Gasteiger partial charge >= 0.3 is 0 Å². The number of ketones is 1. The van der Waals surface area contributed by atoms with Gasteiger partial charge in [0.15, 0.2) is 17.3 Å². The summed E-state index contributed by atoms with van der Waals surface area (Å²) in [6, 6.07) is 19.2. The third-order valence-corrected chi connectivity index (χ3v) is 7.01. The lowest BCUT2D eigenvalue weighted by atomic mass is 9.75. The molecule has 1 saturated carbocycles. The van der Waals surface area contributed by atoms with Gasteiger partial charge in [0.05, 0.1) is 26.0 Å². The molecule has 4 nitrogen and oxygen atoms in total. The third-order valence-electron chi connectivity index (χ3n) is 6.76. The molecule has 0 aromatic heterocycles. The second-order valence-corrected chi connectivity index (χ2v) is 9.08. The third kappa shape index (κ3) is 4.04. The Morgan fingerprint density at radius 1 is 0.879 bits per heavy atom. The van der Waals surface area contributed by atoms with Crippen LogP contribution in [-0.2, 0) is 0 Å². The number of ether oxygens (including phenoxy) is 2. The summed E-state index contributed by atoms with van der Waals surface area (Å²) in [4.78, 5) is 18.1. The summed E-state index contributed by atoms with van der Waals surface area (Å²) in [5.41, 5.74) is 5.59. The lowest BCUT2D eigenvalue weighted by Gasteiger charge is -2.35. The summed E-state index contributed by atoms with van der Waals surface area (Å²) in [7, 11) is 3.33. The minimum absolute atomic E-state index is 0.0250. The van der Waals surface area contributed by atoms with E-state index in [1.54, 1.807) is 38.5 Å². The normalized spacial score (nSPS) is 19.2. The van der Waals surface area contributed by atoms with E-state index in [0.717, 1.165) is 35.4 Å². The van der Waals surface area contributed by atoms with Crippen LogP contribution in [-0.4, -0.2) is 31.8 Å². The number of carbonyl (C=O) groups excluding carboxylic acids is 1. The highest BCUT2D eigenvalue weighted by Crippen LogP contribution is 2.44. The maximum absolute atomic E-state index is 12.9. The summed E-state index contributed by atoms with van der Waals surface area (Å²) in [6.07, 6.45) is 4.66. The van der Waals surface area contributed by atoms with Gasteiger partial charge in [0.2, 0.25) is 0 Å². The fourth-order valence-corrected chi connectivity index (χ4v) is 5.17. The molecule has 2 aliphatic rings. The van der Waals surface area contributed by atoms with Gasteiger partial charge in [0.25, 0.3) is 0 Å². The molecule has 0 amide bonds. The molecule has 0 radical (unpaired) electrons. The number of rotatable bonds is 5. The predicted molar refractivity (Wildman–Crippen MR) is 132 cm³/mol. The van der Waals surface area contributed by atoms with Crippen LogP contribution in [0, 0.1) is 0 Å². The second kappa shape index (κ2) is 9.03. The van der Waals surface area contributed by atoms with Crippen molar-refractivity contribution in [3.63, 3.8) is 0 Å². The van der Waals surface area contributed by atoms with Crippen molar-refractivity contribution in [2.75, 3.05) is 14.2 Å². The van der Waals surface area contributed by atoms with E-state index >= 15 is 0 Å². The Kier molecular flexibility index (Phi) is 5.94. The van der Waals surface area contributed by atoms with Crippen LogP contribution >= 0.6 is 11.6 Å². The van der Waals surface area contributed by atoms with Gasteiger partial charge in [-0.1, -0.05) is 48.7 Å². The van der Waals surface area contributed by atoms with Crippen LogP contribution in [0.4, 0.5) is 0 Å². The van der Waals surface area contributed by atoms with Gasteiger partial charge in [0.1, 0.15) is 0 Å². The quantitative estimate of drug-likeness (QED) is 0.411. The lowest BCUT2D eigenvalue weighted by Crippen LogP contribution is -2.29. The van der Waals surface area contributed by atoms with Crippen LogP contribution in [0.25, 0.3) is 0 Å². The van der Waals surface area contributed by atoms with E-state index in [-0.39, 0.29) is 11.8 Å². The topological polar surface area (TPSA) is 47.9 Å². The number of hydrogen-bond acceptors (Lipinski definition) is 4. The van der Waals surface area contributed by atoms with Crippen LogP contribution in [0.1, 0.15) is 64.2 Å². The fourth-order valence-electron chi connectivity index (χ4n) is 5.05. The minimum atomic E-state index is -0.0250. The fraction of sp³-hybridized carbons (Fsp3) is 0.286. The molecule has 0 saturated heterocycles. The standard InChI is InChI=1S/C28H26ClNO3/c1-32-25-15-22-21-5-3-4-6-24(21)30-27(23(22)16-26(25)33-2)17-7-9-18(10-8-17)28(31)19-11-13-20(29)14-12-19/h7-16,21,24H,3-6H2,1-2H3/t21-,24-/m0/s1. The Morgan fingerprint density at radius 2 is 1.48 bits per heavy atom. The first-order valence-corrected chi connectivity index (χ1v) is 11.7. The molecule has 0 unspecified atom stereocenters. The molecule has 168 valence electrons. The number of benzene rings is 3. The Bertz CT molecular complexity index is 1220. The zero-order valence-electron chi connectivity index (χ0n) is 18.8. The van der Waals surface area contributed by atoms with Crippen molar-refractivity contribution in [3.8, 4) is 11.5 Å². The molecule has 3 aromatic carbocycles. The van der Waals surface area contributed by atoms with E-state index in [2.05, 4.69) is 6.07 Å². The minimum Gasteiger partial charge on any atom is -0.493 e. The van der Waals surface area contributed by atoms with Gasteiger partial charge in [0, 0.05) is 33.2 Å². The first-order chi connectivity index (χ1) is 16.1. The molecule has 1 fully saturated rings. The Morgan fingerprint density at radius 3 is 2.15 bits per heavy atom. The van der Waals surface area contributed by atoms with Crippen molar-refractivity contribution in [3.05, 3.63) is 93.5 Å². The molecule has 0 N–H and O–H groups in total. The highest BCUT2D eigenvalue weighted by atomic mass is 35.5. The smallest absolute Gasteiger partial charge is 0.193 e. The van der Waals surface area contributed by atoms with Gasteiger partial charge in [-0.15, -0.1) is 0 Å². The summed E-state index contributed by atoms with van der Waals surface area (Å²) in [6.45, 7) is 0. The first-order valence-electron chi connectivity index (χ1n) is 11.3. The Hall–Kier alpha value is -3.11. The number of hydrogen-bond donors (Lipinski definition) is 0. The number of halogens is 1. The van der Waals surface area contributed by atoms with Gasteiger partial charge in [-0.2, -0.15) is 0 Å². The van der Waals surface area contributed by atoms with Gasteiger partial charge < -0.3 is 9.47 Å². The van der Waals surface area contributed by atoms with Crippen LogP contribution in [0.3, 0.4) is 0 Å². The summed E-state index contributed by atoms with van der Waals surface area (Å²) >= 11 is 5.96. The van der Waals surface area contributed by atoms with Gasteiger partial charge in [-0.25, -0.2) is 0 Å². The van der Waals surface area contributed by atoms with Crippen molar-refractivity contribution >= 4 is 23.1 Å². The highest BCUT2D eigenvalue weighted by Gasteiger charge is 2.34. The van der Waals surface area contributed by atoms with E-state index in [9.17, 15) is 4.79 Å².